The van der Waals surface area contributed by atoms with Crippen LogP contribution in [0.15, 0.2) is 53.8 Å². The van der Waals surface area contributed by atoms with Gasteiger partial charge in [0.25, 0.3) is 11.5 Å². The van der Waals surface area contributed by atoms with E-state index in [1.54, 1.807) is 17.8 Å². The smallest absolute Gasteiger partial charge is 0.261 e. The normalized spacial score (nSPS) is 11.0. The molecule has 3 aromatic heterocycles. The third kappa shape index (κ3) is 2.91. The molecule has 26 heavy (non-hydrogen) atoms. The van der Waals surface area contributed by atoms with E-state index in [0.29, 0.717) is 27.2 Å². The third-order valence-electron chi connectivity index (χ3n) is 4.07. The predicted octanol–water partition coefficient (Wildman–Crippen LogP) is 2.41. The summed E-state index contributed by atoms with van der Waals surface area (Å²) >= 11 is 1.23. The second kappa shape index (κ2) is 6.57. The number of aromatic amines is 1. The standard InChI is InChI=1S/C18H15N5O2S/c1-11-14-16(24)20-10-21-18(14)26-15(11)17(25)19-9-12-4-2-5-13(8-12)23-7-3-6-22-23/h2-8,10H,9H2,1H3,(H,19,25)(H,20,21,24). The third-order valence-corrected chi connectivity index (χ3v) is 5.27. The molecule has 0 spiro atoms. The molecule has 0 saturated carbocycles. The lowest BCUT2D eigenvalue weighted by atomic mass is 10.2. The first kappa shape index (κ1) is 16.2. The number of hydrogen-bond acceptors (Lipinski definition) is 5. The van der Waals surface area contributed by atoms with Crippen LogP contribution in [0.3, 0.4) is 0 Å². The summed E-state index contributed by atoms with van der Waals surface area (Å²) in [4.78, 5) is 32.3. The second-order valence-corrected chi connectivity index (χ2v) is 6.77. The molecule has 0 atom stereocenters. The molecule has 2 N–H and O–H groups in total. The summed E-state index contributed by atoms with van der Waals surface area (Å²) in [5.41, 5.74) is 2.31. The molecule has 0 bridgehead atoms. The van der Waals surface area contributed by atoms with Crippen LogP contribution in [0.5, 0.6) is 0 Å². The number of nitrogens with one attached hydrogen (secondary N) is 2. The fraction of sp³-hybridized carbons (Fsp3) is 0.111. The Morgan fingerprint density at radius 2 is 2.23 bits per heavy atom. The molecule has 0 saturated heterocycles. The average molecular weight is 365 g/mol. The predicted molar refractivity (Wildman–Crippen MR) is 99.7 cm³/mol. The van der Waals surface area contributed by atoms with Gasteiger partial charge < -0.3 is 10.3 Å². The van der Waals surface area contributed by atoms with E-state index in [1.165, 1.54) is 17.7 Å². The van der Waals surface area contributed by atoms with E-state index in [2.05, 4.69) is 20.4 Å². The van der Waals surface area contributed by atoms with Crippen molar-refractivity contribution < 1.29 is 4.79 Å². The van der Waals surface area contributed by atoms with E-state index in [9.17, 15) is 9.59 Å². The molecule has 0 aliphatic rings. The molecule has 0 radical (unpaired) electrons. The van der Waals surface area contributed by atoms with Crippen LogP contribution in [-0.4, -0.2) is 25.7 Å². The average Bonchev–Trinajstić information content (AvgIpc) is 3.29. The Labute approximate surface area is 152 Å². The quantitative estimate of drug-likeness (QED) is 0.581. The van der Waals surface area contributed by atoms with E-state index in [4.69, 9.17) is 0 Å². The van der Waals surface area contributed by atoms with Crippen LogP contribution in [0.1, 0.15) is 20.8 Å². The molecule has 0 aliphatic carbocycles. The summed E-state index contributed by atoms with van der Waals surface area (Å²) in [7, 11) is 0. The number of aryl methyl sites for hydroxylation is 1. The van der Waals surface area contributed by atoms with Crippen LogP contribution in [0, 0.1) is 6.92 Å². The van der Waals surface area contributed by atoms with Gasteiger partial charge in [-0.15, -0.1) is 11.3 Å². The molecule has 3 heterocycles. The lowest BCUT2D eigenvalue weighted by Gasteiger charge is -2.07. The maximum atomic E-state index is 12.6. The van der Waals surface area contributed by atoms with E-state index >= 15 is 0 Å². The SMILES string of the molecule is Cc1c(C(=O)NCc2cccc(-n3cccn3)c2)sc2nc[nH]c(=O)c12. The summed E-state index contributed by atoms with van der Waals surface area (Å²) in [6, 6.07) is 9.64. The van der Waals surface area contributed by atoms with Gasteiger partial charge in [0.15, 0.2) is 0 Å². The monoisotopic (exact) mass is 365 g/mol. The first-order chi connectivity index (χ1) is 12.6. The second-order valence-electron chi connectivity index (χ2n) is 5.77. The van der Waals surface area contributed by atoms with Crippen LogP contribution >= 0.6 is 11.3 Å². The summed E-state index contributed by atoms with van der Waals surface area (Å²) in [6.07, 6.45) is 4.93. The van der Waals surface area contributed by atoms with Crippen molar-refractivity contribution in [1.82, 2.24) is 25.1 Å². The van der Waals surface area contributed by atoms with Crippen molar-refractivity contribution >= 4 is 27.5 Å². The van der Waals surface area contributed by atoms with E-state index in [-0.39, 0.29) is 11.5 Å². The number of carbonyl (C=O) groups excluding carboxylic acids is 1. The van der Waals surface area contributed by atoms with E-state index in [1.807, 2.05) is 36.5 Å². The summed E-state index contributed by atoms with van der Waals surface area (Å²) < 4.78 is 1.76. The minimum atomic E-state index is -0.227. The van der Waals surface area contributed by atoms with Crippen molar-refractivity contribution in [3.63, 3.8) is 0 Å². The van der Waals surface area contributed by atoms with Crippen LogP contribution in [0.2, 0.25) is 0 Å². The number of nitrogens with zero attached hydrogens (tertiary/aromatic N) is 3. The maximum absolute atomic E-state index is 12.6. The minimum absolute atomic E-state index is 0.214. The number of thiophene rings is 1. The van der Waals surface area contributed by atoms with Crippen LogP contribution < -0.4 is 10.9 Å². The lowest BCUT2D eigenvalue weighted by Crippen LogP contribution is -2.22. The lowest BCUT2D eigenvalue weighted by molar-refractivity contribution is 0.0954. The topological polar surface area (TPSA) is 92.7 Å². The molecule has 4 rings (SSSR count). The fourth-order valence-corrected chi connectivity index (χ4v) is 3.85. The number of benzene rings is 1. The van der Waals surface area contributed by atoms with E-state index < -0.39 is 0 Å². The largest absolute Gasteiger partial charge is 0.347 e. The number of fused-ring (bicyclic) bond motifs is 1. The zero-order chi connectivity index (χ0) is 18.1. The van der Waals surface area contributed by atoms with Crippen molar-refractivity contribution in [2.45, 2.75) is 13.5 Å². The van der Waals surface area contributed by atoms with Crippen molar-refractivity contribution in [2.24, 2.45) is 0 Å². The first-order valence-electron chi connectivity index (χ1n) is 7.97. The van der Waals surface area contributed by atoms with Gasteiger partial charge in [-0.2, -0.15) is 5.10 Å². The molecule has 1 amide bonds. The zero-order valence-corrected chi connectivity index (χ0v) is 14.7. The van der Waals surface area contributed by atoms with Crippen molar-refractivity contribution in [1.29, 1.82) is 0 Å². The number of rotatable bonds is 4. The highest BCUT2D eigenvalue weighted by Gasteiger charge is 2.18. The van der Waals surface area contributed by atoms with Gasteiger partial charge in [0.05, 0.1) is 22.3 Å². The van der Waals surface area contributed by atoms with Crippen LogP contribution in [0.4, 0.5) is 0 Å². The molecule has 0 aliphatic heterocycles. The molecule has 8 heteroatoms. The molecular formula is C18H15N5O2S. The van der Waals surface area contributed by atoms with Crippen molar-refractivity contribution in [2.75, 3.05) is 0 Å². The number of hydrogen-bond donors (Lipinski definition) is 2. The Hall–Kier alpha value is -3.26. The van der Waals surface area contributed by atoms with Gasteiger partial charge in [0.2, 0.25) is 0 Å². The van der Waals surface area contributed by atoms with Crippen LogP contribution in [-0.2, 0) is 6.54 Å². The highest BCUT2D eigenvalue weighted by Crippen LogP contribution is 2.26. The van der Waals surface area contributed by atoms with Crippen molar-refractivity contribution in [3.8, 4) is 5.69 Å². The van der Waals surface area contributed by atoms with Gasteiger partial charge in [-0.05, 0) is 36.2 Å². The van der Waals surface area contributed by atoms with Gasteiger partial charge in [-0.1, -0.05) is 12.1 Å². The molecule has 4 aromatic rings. The summed E-state index contributed by atoms with van der Waals surface area (Å²) in [6.45, 7) is 2.15. The van der Waals surface area contributed by atoms with Crippen LogP contribution in [0.25, 0.3) is 15.9 Å². The maximum Gasteiger partial charge on any atom is 0.261 e. The molecule has 130 valence electrons. The molecular weight excluding hydrogens is 350 g/mol. The minimum Gasteiger partial charge on any atom is -0.347 e. The summed E-state index contributed by atoms with van der Waals surface area (Å²) in [5, 5.41) is 7.59. The zero-order valence-electron chi connectivity index (χ0n) is 13.9. The Kier molecular flexibility index (Phi) is 4.10. The first-order valence-corrected chi connectivity index (χ1v) is 8.79. The Morgan fingerprint density at radius 3 is 3.00 bits per heavy atom. The van der Waals surface area contributed by atoms with Gasteiger partial charge in [-0.25, -0.2) is 9.67 Å². The number of amides is 1. The van der Waals surface area contributed by atoms with Crippen molar-refractivity contribution in [3.05, 3.63) is 75.4 Å². The fourth-order valence-electron chi connectivity index (χ4n) is 2.79. The van der Waals surface area contributed by atoms with Gasteiger partial charge >= 0.3 is 0 Å². The van der Waals surface area contributed by atoms with Gasteiger partial charge in [0, 0.05) is 18.9 Å². The van der Waals surface area contributed by atoms with Gasteiger partial charge in [0.1, 0.15) is 4.83 Å². The number of carbonyl (C=O) groups is 1. The van der Waals surface area contributed by atoms with Gasteiger partial charge in [-0.3, -0.25) is 9.59 Å². The Bertz CT molecular complexity index is 1140. The number of H-pyrrole nitrogens is 1. The highest BCUT2D eigenvalue weighted by molar-refractivity contribution is 7.20. The Balaban J connectivity index is 1.55. The van der Waals surface area contributed by atoms with E-state index in [0.717, 1.165) is 11.3 Å². The molecule has 7 nitrogen and oxygen atoms in total. The molecule has 0 unspecified atom stereocenters. The molecule has 0 fully saturated rings. The Morgan fingerprint density at radius 1 is 1.35 bits per heavy atom. The number of aromatic nitrogens is 4. The summed E-state index contributed by atoms with van der Waals surface area (Å²) in [5.74, 6) is -0.214. The molecule has 1 aromatic carbocycles. The highest BCUT2D eigenvalue weighted by atomic mass is 32.1.